The fourth-order valence-electron chi connectivity index (χ4n) is 2.40. The molecule has 1 aliphatic rings. The van der Waals surface area contributed by atoms with E-state index in [1.165, 1.54) is 29.5 Å². The van der Waals surface area contributed by atoms with E-state index in [0.29, 0.717) is 4.90 Å². The minimum atomic E-state index is -4.65. The average molecular weight is 395 g/mol. The Kier molecular flexibility index (Phi) is 5.00. The van der Waals surface area contributed by atoms with Crippen molar-refractivity contribution >= 4 is 40.9 Å². The van der Waals surface area contributed by atoms with Crippen LogP contribution in [0.1, 0.15) is 10.4 Å². The van der Waals surface area contributed by atoms with Gasteiger partial charge < -0.3 is 10.6 Å². The van der Waals surface area contributed by atoms with E-state index in [1.807, 2.05) is 0 Å². The average Bonchev–Trinajstić information content (AvgIpc) is 3.19. The largest absolute Gasteiger partial charge is 0.418 e. The maximum Gasteiger partial charge on any atom is 0.418 e. The Morgan fingerprint density at radius 3 is 2.59 bits per heavy atom. The number of halogens is 3. The van der Waals surface area contributed by atoms with Crippen molar-refractivity contribution in [3.63, 3.8) is 0 Å². The molecule has 0 radical (unpaired) electrons. The number of imide groups is 1. The number of amides is 4. The summed E-state index contributed by atoms with van der Waals surface area (Å²) >= 11 is 1.35. The van der Waals surface area contributed by atoms with Crippen LogP contribution in [0.4, 0.5) is 23.7 Å². The van der Waals surface area contributed by atoms with Gasteiger partial charge >= 0.3 is 12.2 Å². The highest BCUT2D eigenvalue weighted by Crippen LogP contribution is 2.34. The minimum absolute atomic E-state index is 0.00839. The zero-order chi connectivity index (χ0) is 19.6. The zero-order valence-electron chi connectivity index (χ0n) is 13.5. The van der Waals surface area contributed by atoms with Gasteiger partial charge in [0.2, 0.25) is 5.91 Å². The van der Waals surface area contributed by atoms with E-state index in [9.17, 15) is 27.6 Å². The summed E-state index contributed by atoms with van der Waals surface area (Å²) in [6.07, 6.45) is -3.19. The van der Waals surface area contributed by atoms with E-state index >= 15 is 0 Å². The Morgan fingerprint density at radius 1 is 1.19 bits per heavy atom. The van der Waals surface area contributed by atoms with Gasteiger partial charge in [0.1, 0.15) is 12.2 Å². The summed E-state index contributed by atoms with van der Waals surface area (Å²) in [5.74, 6) is -1.65. The minimum Gasteiger partial charge on any atom is -0.324 e. The van der Waals surface area contributed by atoms with Crippen molar-refractivity contribution in [2.24, 2.45) is 0 Å². The van der Waals surface area contributed by atoms with Crippen LogP contribution in [0.25, 0.3) is 6.08 Å². The van der Waals surface area contributed by atoms with Crippen LogP contribution in [0, 0.1) is 0 Å². The van der Waals surface area contributed by atoms with Gasteiger partial charge in [0, 0.05) is 4.88 Å². The van der Waals surface area contributed by atoms with E-state index in [4.69, 9.17) is 0 Å². The summed E-state index contributed by atoms with van der Waals surface area (Å²) in [5.41, 5.74) is -1.48. The fraction of sp³-hybridized carbons (Fsp3) is 0.118. The smallest absolute Gasteiger partial charge is 0.324 e. The lowest BCUT2D eigenvalue weighted by Crippen LogP contribution is -2.38. The molecule has 0 spiro atoms. The summed E-state index contributed by atoms with van der Waals surface area (Å²) < 4.78 is 38.9. The first-order valence-corrected chi connectivity index (χ1v) is 8.48. The Balaban J connectivity index is 1.72. The quantitative estimate of drug-likeness (QED) is 0.616. The molecule has 0 bridgehead atoms. The van der Waals surface area contributed by atoms with Crippen LogP contribution in [-0.2, 0) is 15.8 Å². The summed E-state index contributed by atoms with van der Waals surface area (Å²) in [5, 5.41) is 6.23. The van der Waals surface area contributed by atoms with Crippen molar-refractivity contribution < 1.29 is 27.6 Å². The molecule has 2 aromatic rings. The molecule has 4 amide bonds. The molecule has 0 unspecified atom stereocenters. The Bertz CT molecular complexity index is 923. The molecule has 27 heavy (non-hydrogen) atoms. The standard InChI is InChI=1S/C17H12F3N3O3S/c18-17(19,20)11-5-1-2-6-12(11)21-14(24)9-23-15(25)13(22-16(23)26)8-10-4-3-7-27-10/h1-8H,9H2,(H,21,24)(H,22,26)/b13-8+. The maximum atomic E-state index is 13.0. The number of urea groups is 1. The number of carbonyl (C=O) groups is 3. The number of benzene rings is 1. The summed E-state index contributed by atoms with van der Waals surface area (Å²) in [6, 6.07) is 7.13. The Labute approximate surface area is 155 Å². The van der Waals surface area contributed by atoms with Crippen LogP contribution in [0.15, 0.2) is 47.5 Å². The molecule has 1 aromatic carbocycles. The van der Waals surface area contributed by atoms with Crippen LogP contribution < -0.4 is 10.6 Å². The highest BCUT2D eigenvalue weighted by molar-refractivity contribution is 7.10. The molecular formula is C17H12F3N3O3S. The van der Waals surface area contributed by atoms with E-state index in [-0.39, 0.29) is 5.70 Å². The van der Waals surface area contributed by atoms with E-state index in [1.54, 1.807) is 17.5 Å². The summed E-state index contributed by atoms with van der Waals surface area (Å²) in [7, 11) is 0. The summed E-state index contributed by atoms with van der Waals surface area (Å²) in [4.78, 5) is 37.7. The van der Waals surface area contributed by atoms with Gasteiger partial charge in [0.15, 0.2) is 0 Å². The number of nitrogens with zero attached hydrogens (tertiary/aromatic N) is 1. The maximum absolute atomic E-state index is 13.0. The third-order valence-electron chi connectivity index (χ3n) is 3.60. The molecule has 6 nitrogen and oxygen atoms in total. The van der Waals surface area contributed by atoms with Crippen LogP contribution in [-0.4, -0.2) is 29.3 Å². The Morgan fingerprint density at radius 2 is 1.93 bits per heavy atom. The molecule has 0 aliphatic carbocycles. The highest BCUT2D eigenvalue weighted by Gasteiger charge is 2.36. The first-order chi connectivity index (χ1) is 12.8. The van der Waals surface area contributed by atoms with E-state index < -0.39 is 41.8 Å². The number of thiophene rings is 1. The normalized spacial score (nSPS) is 16.0. The molecule has 0 saturated carbocycles. The number of carbonyl (C=O) groups excluding carboxylic acids is 3. The van der Waals surface area contributed by atoms with Crippen LogP contribution >= 0.6 is 11.3 Å². The van der Waals surface area contributed by atoms with Crippen molar-refractivity contribution in [3.8, 4) is 0 Å². The van der Waals surface area contributed by atoms with Crippen LogP contribution in [0.2, 0.25) is 0 Å². The molecule has 2 heterocycles. The van der Waals surface area contributed by atoms with Crippen molar-refractivity contribution in [2.75, 3.05) is 11.9 Å². The van der Waals surface area contributed by atoms with Crippen molar-refractivity contribution in [3.05, 3.63) is 57.9 Å². The zero-order valence-corrected chi connectivity index (χ0v) is 14.4. The third kappa shape index (κ3) is 4.17. The monoisotopic (exact) mass is 395 g/mol. The molecule has 1 fully saturated rings. The van der Waals surface area contributed by atoms with E-state index in [0.717, 1.165) is 17.0 Å². The predicted octanol–water partition coefficient (Wildman–Crippen LogP) is 3.30. The second-order valence-corrected chi connectivity index (χ2v) is 6.47. The molecule has 140 valence electrons. The van der Waals surface area contributed by atoms with Gasteiger partial charge in [0.25, 0.3) is 5.91 Å². The first kappa shape index (κ1) is 18.6. The van der Waals surface area contributed by atoms with Crippen molar-refractivity contribution in [1.29, 1.82) is 0 Å². The molecule has 10 heteroatoms. The number of rotatable bonds is 4. The molecule has 0 atom stereocenters. The number of alkyl halides is 3. The molecule has 1 saturated heterocycles. The number of nitrogens with one attached hydrogen (secondary N) is 2. The Hall–Kier alpha value is -3.14. The number of hydrogen-bond acceptors (Lipinski definition) is 4. The van der Waals surface area contributed by atoms with Gasteiger partial charge in [0.05, 0.1) is 11.3 Å². The van der Waals surface area contributed by atoms with E-state index in [2.05, 4.69) is 10.6 Å². The van der Waals surface area contributed by atoms with Crippen molar-refractivity contribution in [2.45, 2.75) is 6.18 Å². The highest BCUT2D eigenvalue weighted by atomic mass is 32.1. The lowest BCUT2D eigenvalue weighted by atomic mass is 10.1. The van der Waals surface area contributed by atoms with Gasteiger partial charge in [-0.15, -0.1) is 11.3 Å². The third-order valence-corrected chi connectivity index (χ3v) is 4.42. The molecule has 1 aliphatic heterocycles. The molecular weight excluding hydrogens is 383 g/mol. The lowest BCUT2D eigenvalue weighted by molar-refractivity contribution is -0.137. The van der Waals surface area contributed by atoms with Gasteiger partial charge in [-0.2, -0.15) is 13.2 Å². The van der Waals surface area contributed by atoms with Gasteiger partial charge in [-0.1, -0.05) is 18.2 Å². The first-order valence-electron chi connectivity index (χ1n) is 7.60. The van der Waals surface area contributed by atoms with Crippen LogP contribution in [0.5, 0.6) is 0 Å². The SMILES string of the molecule is O=C(CN1C(=O)N/C(=C/c2cccs2)C1=O)Nc1ccccc1C(F)(F)F. The fourth-order valence-corrected chi connectivity index (χ4v) is 3.06. The van der Waals surface area contributed by atoms with Crippen molar-refractivity contribution in [1.82, 2.24) is 10.2 Å². The molecule has 2 N–H and O–H groups in total. The van der Waals surface area contributed by atoms with Gasteiger partial charge in [-0.25, -0.2) is 9.69 Å². The topological polar surface area (TPSA) is 78.5 Å². The molecule has 1 aromatic heterocycles. The second-order valence-electron chi connectivity index (χ2n) is 5.49. The van der Waals surface area contributed by atoms with Gasteiger partial charge in [-0.05, 0) is 29.7 Å². The number of hydrogen-bond donors (Lipinski definition) is 2. The second kappa shape index (κ2) is 7.23. The number of anilines is 1. The molecule has 3 rings (SSSR count). The van der Waals surface area contributed by atoms with Gasteiger partial charge in [-0.3, -0.25) is 9.59 Å². The number of para-hydroxylation sites is 1. The summed E-state index contributed by atoms with van der Waals surface area (Å²) in [6.45, 7) is -0.710. The van der Waals surface area contributed by atoms with Crippen LogP contribution in [0.3, 0.4) is 0 Å². The predicted molar refractivity (Wildman–Crippen MR) is 92.6 cm³/mol. The lowest BCUT2D eigenvalue weighted by Gasteiger charge is -2.15.